The van der Waals surface area contributed by atoms with Crippen molar-refractivity contribution in [1.29, 1.82) is 0 Å². The maximum Gasteiger partial charge on any atom is 0.193 e. The van der Waals surface area contributed by atoms with E-state index in [0.29, 0.717) is 13.2 Å². The first-order chi connectivity index (χ1) is 10.3. The molecular formula is C18H18O3. The number of hydrogen-bond donors (Lipinski definition) is 0. The second-order valence-electron chi connectivity index (χ2n) is 5.10. The maximum absolute atomic E-state index is 12.3. The van der Waals surface area contributed by atoms with E-state index in [0.717, 1.165) is 24.0 Å². The Balaban J connectivity index is 1.62. The van der Waals surface area contributed by atoms with E-state index in [1.807, 2.05) is 54.6 Å². The standard InChI is InChI=1S/C18H18O3/c19-18(15-4-2-1-3-5-15)16-9-6-14(7-10-16)8-11-17-20-12-13-21-17/h1-7,9-10,17H,8,11-13H2. The molecule has 1 fully saturated rings. The van der Waals surface area contributed by atoms with Crippen molar-refractivity contribution < 1.29 is 14.3 Å². The second-order valence-corrected chi connectivity index (χ2v) is 5.10. The Morgan fingerprint density at radius 3 is 2.19 bits per heavy atom. The van der Waals surface area contributed by atoms with Crippen LogP contribution in [-0.4, -0.2) is 25.3 Å². The molecular weight excluding hydrogens is 264 g/mol. The molecule has 0 amide bonds. The van der Waals surface area contributed by atoms with Crippen LogP contribution >= 0.6 is 0 Å². The third kappa shape index (κ3) is 3.57. The van der Waals surface area contributed by atoms with Crippen LogP contribution in [0.5, 0.6) is 0 Å². The van der Waals surface area contributed by atoms with Gasteiger partial charge in [-0.2, -0.15) is 0 Å². The Kier molecular flexibility index (Phi) is 4.43. The Morgan fingerprint density at radius 1 is 0.905 bits per heavy atom. The van der Waals surface area contributed by atoms with Crippen molar-refractivity contribution in [2.45, 2.75) is 19.1 Å². The SMILES string of the molecule is O=C(c1ccccc1)c1ccc(CCC2OCCO2)cc1. The molecule has 0 spiro atoms. The number of carbonyl (C=O) groups excluding carboxylic acids is 1. The zero-order valence-electron chi connectivity index (χ0n) is 11.8. The van der Waals surface area contributed by atoms with Crippen LogP contribution < -0.4 is 0 Å². The molecule has 3 rings (SSSR count). The third-order valence-corrected chi connectivity index (χ3v) is 3.61. The predicted molar refractivity (Wildman–Crippen MR) is 80.3 cm³/mol. The summed E-state index contributed by atoms with van der Waals surface area (Å²) in [5.41, 5.74) is 2.63. The molecule has 2 aromatic carbocycles. The fourth-order valence-electron chi connectivity index (χ4n) is 2.44. The Bertz CT molecular complexity index is 584. The monoisotopic (exact) mass is 282 g/mol. The second kappa shape index (κ2) is 6.66. The van der Waals surface area contributed by atoms with Crippen molar-refractivity contribution in [3.63, 3.8) is 0 Å². The molecule has 0 aromatic heterocycles. The molecule has 0 radical (unpaired) electrons. The number of carbonyl (C=O) groups is 1. The summed E-state index contributed by atoms with van der Waals surface area (Å²) in [4.78, 5) is 12.3. The molecule has 21 heavy (non-hydrogen) atoms. The van der Waals surface area contributed by atoms with E-state index in [-0.39, 0.29) is 12.1 Å². The molecule has 108 valence electrons. The number of hydrogen-bond acceptors (Lipinski definition) is 3. The van der Waals surface area contributed by atoms with Crippen molar-refractivity contribution in [3.05, 3.63) is 71.3 Å². The van der Waals surface area contributed by atoms with Crippen molar-refractivity contribution in [1.82, 2.24) is 0 Å². The average Bonchev–Trinajstić information content (AvgIpc) is 3.07. The van der Waals surface area contributed by atoms with E-state index in [2.05, 4.69) is 0 Å². The third-order valence-electron chi connectivity index (χ3n) is 3.61. The normalized spacial score (nSPS) is 15.2. The van der Waals surface area contributed by atoms with Gasteiger partial charge in [0.25, 0.3) is 0 Å². The van der Waals surface area contributed by atoms with Gasteiger partial charge in [-0.15, -0.1) is 0 Å². The van der Waals surface area contributed by atoms with Gasteiger partial charge < -0.3 is 9.47 Å². The summed E-state index contributed by atoms with van der Waals surface area (Å²) >= 11 is 0. The Morgan fingerprint density at radius 2 is 1.52 bits per heavy atom. The van der Waals surface area contributed by atoms with Crippen molar-refractivity contribution >= 4 is 5.78 Å². The van der Waals surface area contributed by atoms with Gasteiger partial charge in [-0.1, -0.05) is 54.6 Å². The fraction of sp³-hybridized carbons (Fsp3) is 0.278. The Hall–Kier alpha value is -1.97. The van der Waals surface area contributed by atoms with E-state index < -0.39 is 0 Å². The highest BCUT2D eigenvalue weighted by atomic mass is 16.7. The molecule has 0 aliphatic carbocycles. The van der Waals surface area contributed by atoms with Gasteiger partial charge in [-0.05, 0) is 12.0 Å². The van der Waals surface area contributed by atoms with Crippen molar-refractivity contribution in [2.75, 3.05) is 13.2 Å². The lowest BCUT2D eigenvalue weighted by atomic mass is 10.0. The van der Waals surface area contributed by atoms with Crippen LogP contribution in [0.2, 0.25) is 0 Å². The smallest absolute Gasteiger partial charge is 0.193 e. The van der Waals surface area contributed by atoms with Gasteiger partial charge in [-0.3, -0.25) is 4.79 Å². The number of ether oxygens (including phenoxy) is 2. The minimum Gasteiger partial charge on any atom is -0.350 e. The molecule has 1 aliphatic rings. The topological polar surface area (TPSA) is 35.5 Å². The summed E-state index contributed by atoms with van der Waals surface area (Å²) in [5.74, 6) is 0.0598. The average molecular weight is 282 g/mol. The first-order valence-corrected chi connectivity index (χ1v) is 7.25. The van der Waals surface area contributed by atoms with Crippen LogP contribution in [-0.2, 0) is 15.9 Å². The summed E-state index contributed by atoms with van der Waals surface area (Å²) in [6.45, 7) is 1.38. The maximum atomic E-state index is 12.3. The summed E-state index contributed by atoms with van der Waals surface area (Å²) in [6.07, 6.45) is 1.67. The molecule has 0 N–H and O–H groups in total. The van der Waals surface area contributed by atoms with E-state index >= 15 is 0 Å². The minimum absolute atomic E-state index is 0.0598. The van der Waals surface area contributed by atoms with Crippen LogP contribution in [0.3, 0.4) is 0 Å². The fourth-order valence-corrected chi connectivity index (χ4v) is 2.44. The molecule has 1 saturated heterocycles. The minimum atomic E-state index is -0.0735. The lowest BCUT2D eigenvalue weighted by Crippen LogP contribution is -2.08. The van der Waals surface area contributed by atoms with E-state index in [9.17, 15) is 4.79 Å². The van der Waals surface area contributed by atoms with Gasteiger partial charge in [-0.25, -0.2) is 0 Å². The summed E-state index contributed by atoms with van der Waals surface area (Å²) in [5, 5.41) is 0. The number of ketones is 1. The molecule has 0 saturated carbocycles. The zero-order chi connectivity index (χ0) is 14.5. The highest BCUT2D eigenvalue weighted by Gasteiger charge is 2.15. The largest absolute Gasteiger partial charge is 0.350 e. The van der Waals surface area contributed by atoms with E-state index in [4.69, 9.17) is 9.47 Å². The molecule has 3 heteroatoms. The van der Waals surface area contributed by atoms with E-state index in [1.165, 1.54) is 5.56 Å². The first kappa shape index (κ1) is 14.0. The quantitative estimate of drug-likeness (QED) is 0.790. The zero-order valence-corrected chi connectivity index (χ0v) is 11.8. The molecule has 3 nitrogen and oxygen atoms in total. The van der Waals surface area contributed by atoms with Gasteiger partial charge in [0.1, 0.15) is 0 Å². The number of aryl methyl sites for hydroxylation is 1. The van der Waals surface area contributed by atoms with Crippen molar-refractivity contribution in [3.8, 4) is 0 Å². The number of benzene rings is 2. The van der Waals surface area contributed by atoms with Crippen LogP contribution in [0, 0.1) is 0 Å². The van der Waals surface area contributed by atoms with Crippen LogP contribution in [0.1, 0.15) is 27.9 Å². The van der Waals surface area contributed by atoms with Crippen molar-refractivity contribution in [2.24, 2.45) is 0 Å². The lowest BCUT2D eigenvalue weighted by Gasteiger charge is -2.09. The van der Waals surface area contributed by atoms with Gasteiger partial charge in [0.2, 0.25) is 0 Å². The van der Waals surface area contributed by atoms with Gasteiger partial charge >= 0.3 is 0 Å². The highest BCUT2D eigenvalue weighted by molar-refractivity contribution is 6.08. The first-order valence-electron chi connectivity index (χ1n) is 7.25. The van der Waals surface area contributed by atoms with Gasteiger partial charge in [0, 0.05) is 17.5 Å². The molecule has 1 aliphatic heterocycles. The molecule has 0 unspecified atom stereocenters. The van der Waals surface area contributed by atoms with E-state index in [1.54, 1.807) is 0 Å². The van der Waals surface area contributed by atoms with Crippen LogP contribution in [0.4, 0.5) is 0 Å². The predicted octanol–water partition coefficient (Wildman–Crippen LogP) is 3.22. The molecule has 1 heterocycles. The molecule has 2 aromatic rings. The van der Waals surface area contributed by atoms with Crippen LogP contribution in [0.15, 0.2) is 54.6 Å². The summed E-state index contributed by atoms with van der Waals surface area (Å²) in [7, 11) is 0. The summed E-state index contributed by atoms with van der Waals surface area (Å²) in [6, 6.07) is 17.1. The molecule has 0 bridgehead atoms. The summed E-state index contributed by atoms with van der Waals surface area (Å²) < 4.78 is 10.8. The Labute approximate surface area is 124 Å². The molecule has 0 atom stereocenters. The highest BCUT2D eigenvalue weighted by Crippen LogP contribution is 2.15. The van der Waals surface area contributed by atoms with Gasteiger partial charge in [0.05, 0.1) is 13.2 Å². The lowest BCUT2D eigenvalue weighted by molar-refractivity contribution is -0.0462. The van der Waals surface area contributed by atoms with Gasteiger partial charge in [0.15, 0.2) is 12.1 Å². The van der Waals surface area contributed by atoms with Crippen LogP contribution in [0.25, 0.3) is 0 Å². The number of rotatable bonds is 5.